The SMILES string of the molecule is COC=Cc1ccc(OC)c2c(OC)ccc(OC)c12. The summed E-state index contributed by atoms with van der Waals surface area (Å²) in [6, 6.07) is 7.61. The number of rotatable bonds is 5. The van der Waals surface area contributed by atoms with Crippen LogP contribution < -0.4 is 14.2 Å². The molecule has 0 aliphatic heterocycles. The van der Waals surface area contributed by atoms with E-state index in [1.54, 1.807) is 34.7 Å². The Morgan fingerprint density at radius 3 is 1.70 bits per heavy atom. The molecule has 20 heavy (non-hydrogen) atoms. The van der Waals surface area contributed by atoms with Crippen LogP contribution >= 0.6 is 0 Å². The van der Waals surface area contributed by atoms with Crippen LogP contribution in [0.4, 0.5) is 0 Å². The molecular weight excluding hydrogens is 256 g/mol. The molecule has 2 aromatic rings. The van der Waals surface area contributed by atoms with Crippen molar-refractivity contribution < 1.29 is 18.9 Å². The molecule has 106 valence electrons. The van der Waals surface area contributed by atoms with Crippen molar-refractivity contribution in [1.82, 2.24) is 0 Å². The van der Waals surface area contributed by atoms with Gasteiger partial charge >= 0.3 is 0 Å². The van der Waals surface area contributed by atoms with E-state index in [1.807, 2.05) is 30.3 Å². The van der Waals surface area contributed by atoms with E-state index in [2.05, 4.69) is 0 Å². The summed E-state index contributed by atoms with van der Waals surface area (Å²) >= 11 is 0. The number of hydrogen-bond acceptors (Lipinski definition) is 4. The van der Waals surface area contributed by atoms with E-state index in [0.717, 1.165) is 33.6 Å². The van der Waals surface area contributed by atoms with Crippen LogP contribution in [0.1, 0.15) is 5.56 Å². The standard InChI is InChI=1S/C16H18O4/c1-17-10-9-11-5-6-13(19-3)16-14(20-4)8-7-12(18-2)15(11)16/h5-10H,1-4H3. The summed E-state index contributed by atoms with van der Waals surface area (Å²) in [6.07, 6.45) is 3.50. The van der Waals surface area contributed by atoms with Crippen LogP contribution in [-0.2, 0) is 4.74 Å². The third-order valence-corrected chi connectivity index (χ3v) is 3.12. The van der Waals surface area contributed by atoms with Crippen LogP contribution in [0, 0.1) is 0 Å². The maximum absolute atomic E-state index is 5.46. The third-order valence-electron chi connectivity index (χ3n) is 3.12. The summed E-state index contributed by atoms with van der Waals surface area (Å²) in [5.41, 5.74) is 0.971. The molecule has 2 rings (SSSR count). The van der Waals surface area contributed by atoms with Gasteiger partial charge < -0.3 is 18.9 Å². The van der Waals surface area contributed by atoms with Gasteiger partial charge in [0.15, 0.2) is 0 Å². The molecular formula is C16H18O4. The average molecular weight is 274 g/mol. The third kappa shape index (κ3) is 2.37. The highest BCUT2D eigenvalue weighted by Gasteiger charge is 2.14. The molecule has 0 heterocycles. The Bertz CT molecular complexity index is 622. The Labute approximate surface area is 118 Å². The molecule has 4 nitrogen and oxygen atoms in total. The van der Waals surface area contributed by atoms with Crippen LogP contribution in [-0.4, -0.2) is 28.4 Å². The molecule has 0 unspecified atom stereocenters. The first-order chi connectivity index (χ1) is 9.76. The summed E-state index contributed by atoms with van der Waals surface area (Å²) < 4.78 is 21.3. The molecule has 0 aromatic heterocycles. The minimum atomic E-state index is 0.741. The Kier molecular flexibility index (Phi) is 4.35. The first-order valence-electron chi connectivity index (χ1n) is 6.17. The summed E-state index contributed by atoms with van der Waals surface area (Å²) in [5, 5.41) is 1.81. The fraction of sp³-hybridized carbons (Fsp3) is 0.250. The van der Waals surface area contributed by atoms with Crippen molar-refractivity contribution in [3.05, 3.63) is 36.1 Å². The van der Waals surface area contributed by atoms with Gasteiger partial charge in [-0.25, -0.2) is 0 Å². The average Bonchev–Trinajstić information content (AvgIpc) is 2.51. The Balaban J connectivity index is 2.86. The zero-order chi connectivity index (χ0) is 14.5. The highest BCUT2D eigenvalue weighted by molar-refractivity contribution is 6.03. The van der Waals surface area contributed by atoms with Crippen molar-refractivity contribution >= 4 is 16.8 Å². The topological polar surface area (TPSA) is 36.9 Å². The van der Waals surface area contributed by atoms with Crippen molar-refractivity contribution in [3.8, 4) is 17.2 Å². The maximum atomic E-state index is 5.46. The van der Waals surface area contributed by atoms with Gasteiger partial charge in [0, 0.05) is 5.39 Å². The number of benzene rings is 2. The molecule has 0 radical (unpaired) electrons. The quantitative estimate of drug-likeness (QED) is 0.782. The monoisotopic (exact) mass is 274 g/mol. The molecule has 0 saturated heterocycles. The highest BCUT2D eigenvalue weighted by Crippen LogP contribution is 2.41. The number of methoxy groups -OCH3 is 4. The molecule has 0 aliphatic carbocycles. The van der Waals surface area contributed by atoms with Crippen LogP contribution in [0.5, 0.6) is 17.2 Å². The number of hydrogen-bond donors (Lipinski definition) is 0. The second kappa shape index (κ2) is 6.19. The van der Waals surface area contributed by atoms with E-state index in [0.29, 0.717) is 0 Å². The molecule has 0 saturated carbocycles. The van der Waals surface area contributed by atoms with Gasteiger partial charge in [0.2, 0.25) is 0 Å². The van der Waals surface area contributed by atoms with E-state index in [1.165, 1.54) is 0 Å². The molecule has 0 N–H and O–H groups in total. The minimum Gasteiger partial charge on any atom is -0.504 e. The van der Waals surface area contributed by atoms with Gasteiger partial charge in [-0.3, -0.25) is 0 Å². The van der Waals surface area contributed by atoms with Gasteiger partial charge in [-0.1, -0.05) is 6.07 Å². The molecule has 0 bridgehead atoms. The van der Waals surface area contributed by atoms with E-state index in [-0.39, 0.29) is 0 Å². The molecule has 0 aliphatic rings. The van der Waals surface area contributed by atoms with Crippen molar-refractivity contribution in [2.75, 3.05) is 28.4 Å². The highest BCUT2D eigenvalue weighted by atomic mass is 16.5. The fourth-order valence-electron chi connectivity index (χ4n) is 2.22. The molecule has 0 amide bonds. The van der Waals surface area contributed by atoms with E-state index in [9.17, 15) is 0 Å². The Morgan fingerprint density at radius 2 is 1.20 bits per heavy atom. The van der Waals surface area contributed by atoms with E-state index < -0.39 is 0 Å². The lowest BCUT2D eigenvalue weighted by Gasteiger charge is -2.15. The van der Waals surface area contributed by atoms with Crippen molar-refractivity contribution in [2.45, 2.75) is 0 Å². The van der Waals surface area contributed by atoms with Gasteiger partial charge in [-0.15, -0.1) is 0 Å². The van der Waals surface area contributed by atoms with Gasteiger partial charge in [-0.05, 0) is 29.8 Å². The van der Waals surface area contributed by atoms with Crippen LogP contribution in [0.3, 0.4) is 0 Å². The maximum Gasteiger partial charge on any atom is 0.130 e. The van der Waals surface area contributed by atoms with Crippen LogP contribution in [0.2, 0.25) is 0 Å². The normalized spacial score (nSPS) is 10.8. The van der Waals surface area contributed by atoms with Gasteiger partial charge in [0.05, 0.1) is 40.1 Å². The zero-order valence-corrected chi connectivity index (χ0v) is 12.1. The smallest absolute Gasteiger partial charge is 0.130 e. The summed E-state index contributed by atoms with van der Waals surface area (Å²) in [7, 11) is 6.53. The van der Waals surface area contributed by atoms with Gasteiger partial charge in [-0.2, -0.15) is 0 Å². The summed E-state index contributed by atoms with van der Waals surface area (Å²) in [5.74, 6) is 2.24. The fourth-order valence-corrected chi connectivity index (χ4v) is 2.22. The molecule has 0 spiro atoms. The molecule has 2 aromatic carbocycles. The number of ether oxygens (including phenoxy) is 4. The molecule has 0 atom stereocenters. The van der Waals surface area contributed by atoms with E-state index >= 15 is 0 Å². The Hall–Kier alpha value is -2.36. The Morgan fingerprint density at radius 1 is 0.700 bits per heavy atom. The predicted octanol–water partition coefficient (Wildman–Crippen LogP) is 3.48. The predicted molar refractivity (Wildman–Crippen MR) is 79.6 cm³/mol. The molecule has 0 fully saturated rings. The lowest BCUT2D eigenvalue weighted by molar-refractivity contribution is 0.341. The first-order valence-corrected chi connectivity index (χ1v) is 6.17. The lowest BCUT2D eigenvalue weighted by Crippen LogP contribution is -1.94. The van der Waals surface area contributed by atoms with Crippen molar-refractivity contribution in [2.24, 2.45) is 0 Å². The summed E-state index contributed by atoms with van der Waals surface area (Å²) in [6.45, 7) is 0. The first kappa shape index (κ1) is 14.1. The number of fused-ring (bicyclic) bond motifs is 1. The lowest BCUT2D eigenvalue weighted by atomic mass is 10.0. The van der Waals surface area contributed by atoms with Gasteiger partial charge in [0.1, 0.15) is 17.2 Å². The summed E-state index contributed by atoms with van der Waals surface area (Å²) in [4.78, 5) is 0. The van der Waals surface area contributed by atoms with E-state index in [4.69, 9.17) is 18.9 Å². The van der Waals surface area contributed by atoms with Crippen molar-refractivity contribution in [1.29, 1.82) is 0 Å². The second-order valence-corrected chi connectivity index (χ2v) is 4.12. The molecule has 4 heteroatoms. The van der Waals surface area contributed by atoms with Gasteiger partial charge in [0.25, 0.3) is 0 Å². The minimum absolute atomic E-state index is 0.741. The van der Waals surface area contributed by atoms with Crippen LogP contribution in [0.15, 0.2) is 30.5 Å². The van der Waals surface area contributed by atoms with Crippen molar-refractivity contribution in [3.63, 3.8) is 0 Å². The largest absolute Gasteiger partial charge is 0.504 e. The van der Waals surface area contributed by atoms with Crippen LogP contribution in [0.25, 0.3) is 16.8 Å². The zero-order valence-electron chi connectivity index (χ0n) is 12.1. The second-order valence-electron chi connectivity index (χ2n) is 4.12.